The summed E-state index contributed by atoms with van der Waals surface area (Å²) < 4.78 is 38.6. The minimum Gasteiger partial charge on any atom is -0.872 e. The van der Waals surface area contributed by atoms with E-state index < -0.39 is 58.7 Å². The molecule has 1 aliphatic rings. The number of aromatic nitrogens is 4. The van der Waals surface area contributed by atoms with Crippen LogP contribution in [0.4, 0.5) is 5.82 Å². The van der Waals surface area contributed by atoms with Gasteiger partial charge in [-0.25, -0.2) is 8.75 Å². The molecule has 0 unspecified atom stereocenters. The van der Waals surface area contributed by atoms with E-state index in [1.165, 1.54) is 29.4 Å². The van der Waals surface area contributed by atoms with Gasteiger partial charge in [0.1, 0.15) is 18.3 Å². The Balaban J connectivity index is 1.48. The molecule has 1 aliphatic heterocycles. The third-order valence-corrected chi connectivity index (χ3v) is 5.58. The maximum Gasteiger partial charge on any atom is 0.380 e. The number of fused-ring (bicyclic) bond motifs is 1. The van der Waals surface area contributed by atoms with Crippen LogP contribution < -0.4 is 20.5 Å². The summed E-state index contributed by atoms with van der Waals surface area (Å²) in [6.07, 6.45) is -2.87. The number of aliphatic hydroxyl groups is 2. The summed E-state index contributed by atoms with van der Waals surface area (Å²) in [4.78, 5) is 10.7. The number of rotatable bonds is 6. The van der Waals surface area contributed by atoms with Crippen LogP contribution in [0.25, 0.3) is 11.2 Å². The molecule has 0 amide bonds. The minimum absolute atomic E-state index is 0.152. The lowest BCUT2D eigenvalue weighted by atomic mass is 10.1. The van der Waals surface area contributed by atoms with Crippen molar-refractivity contribution in [2.75, 3.05) is 12.3 Å². The summed E-state index contributed by atoms with van der Waals surface area (Å²) in [5.41, 5.74) is 5.96. The third kappa shape index (κ3) is 4.06. The first kappa shape index (κ1) is 21.8. The van der Waals surface area contributed by atoms with Crippen molar-refractivity contribution in [2.24, 2.45) is 4.40 Å². The van der Waals surface area contributed by atoms with Gasteiger partial charge in [0.05, 0.1) is 6.61 Å². The smallest absolute Gasteiger partial charge is 0.380 e. The molecular formula is C17H17N6O8S-. The van der Waals surface area contributed by atoms with Crippen molar-refractivity contribution in [1.82, 2.24) is 15.0 Å². The molecule has 4 atom stereocenters. The first-order chi connectivity index (χ1) is 15.2. The Labute approximate surface area is 180 Å². The Bertz CT molecular complexity index is 1280. The number of nitrogens with one attached hydrogen (secondary N) is 1. The van der Waals surface area contributed by atoms with Crippen LogP contribution in [-0.4, -0.2) is 64.4 Å². The molecule has 0 saturated carbocycles. The van der Waals surface area contributed by atoms with Crippen LogP contribution in [0.3, 0.4) is 0 Å². The zero-order valence-corrected chi connectivity index (χ0v) is 16.9. The van der Waals surface area contributed by atoms with Crippen molar-refractivity contribution in [1.29, 1.82) is 0 Å². The zero-order chi connectivity index (χ0) is 23.0. The van der Waals surface area contributed by atoms with Gasteiger partial charge in [-0.1, -0.05) is 29.2 Å². The first-order valence-electron chi connectivity index (χ1n) is 9.11. The number of nitrogens with two attached hydrogens (primary N) is 1. The van der Waals surface area contributed by atoms with E-state index in [0.717, 1.165) is 12.1 Å². The lowest BCUT2D eigenvalue weighted by molar-refractivity contribution is -0.745. The van der Waals surface area contributed by atoms with Crippen molar-refractivity contribution in [2.45, 2.75) is 24.5 Å². The number of hydrogen-bond acceptors (Lipinski definition) is 11. The van der Waals surface area contributed by atoms with E-state index in [-0.39, 0.29) is 11.5 Å². The Hall–Kier alpha value is -3.37. The molecule has 5 N–H and O–H groups in total. The van der Waals surface area contributed by atoms with E-state index >= 15 is 0 Å². The second-order valence-electron chi connectivity index (χ2n) is 6.79. The van der Waals surface area contributed by atoms with Crippen molar-refractivity contribution in [3.63, 3.8) is 0 Å². The molecule has 3 aromatic rings. The highest BCUT2D eigenvalue weighted by Gasteiger charge is 2.47. The quantitative estimate of drug-likeness (QED) is 0.159. The molecule has 4 rings (SSSR count). The lowest BCUT2D eigenvalue weighted by Crippen LogP contribution is -2.45. The average Bonchev–Trinajstić information content (AvgIpc) is 3.29. The summed E-state index contributed by atoms with van der Waals surface area (Å²) in [7, 11) is -4.77. The van der Waals surface area contributed by atoms with Gasteiger partial charge in [-0.3, -0.25) is 4.98 Å². The number of anilines is 1. The predicted octanol–water partition coefficient (Wildman–Crippen LogP) is -3.41. The number of ether oxygens (including phenoxy) is 1. The molecule has 3 heterocycles. The molecule has 1 aromatic carbocycles. The number of para-hydroxylation sites is 1. The van der Waals surface area contributed by atoms with Crippen LogP contribution in [0.15, 0.2) is 41.3 Å². The molecule has 32 heavy (non-hydrogen) atoms. The standard InChI is InChI=1S/C17H18N6O8S/c18-14-11-15(20-6-19-14)23(7-21-11)17-13(26)12(25)10(31-17)5-30-32(28,29)22-16(27)8-3-1-2-4-9(8)24/h1-4,6-7,10,12-13,17,25-26H,5H2,(H4,18,19,20,22,24,27)/p-1/t10-,12-,13-,17-/m1/s1. The molecule has 15 heteroatoms. The van der Waals surface area contributed by atoms with E-state index in [9.17, 15) is 28.8 Å². The van der Waals surface area contributed by atoms with E-state index in [0.29, 0.717) is 5.52 Å². The highest BCUT2D eigenvalue weighted by atomic mass is 32.2. The van der Waals surface area contributed by atoms with Crippen molar-refractivity contribution >= 4 is 33.2 Å². The molecule has 1 fully saturated rings. The Morgan fingerprint density at radius 1 is 1.31 bits per heavy atom. The molecule has 0 aliphatic carbocycles. The number of benzene rings is 1. The van der Waals surface area contributed by atoms with Crippen LogP contribution in [0.2, 0.25) is 0 Å². The maximum atomic E-state index is 12.0. The fourth-order valence-corrected chi connectivity index (χ4v) is 3.84. The Kier molecular flexibility index (Phi) is 5.66. The summed E-state index contributed by atoms with van der Waals surface area (Å²) in [5, 5.41) is 44.3. The van der Waals surface area contributed by atoms with Gasteiger partial charge in [0.25, 0.3) is 0 Å². The number of imidazole rings is 1. The topological polar surface area (TPSA) is 223 Å². The lowest BCUT2D eigenvalue weighted by Gasteiger charge is -2.18. The minimum atomic E-state index is -4.77. The third-order valence-electron chi connectivity index (χ3n) is 4.75. The van der Waals surface area contributed by atoms with Crippen molar-refractivity contribution in [3.8, 4) is 5.75 Å². The number of hydrogen-bond donors (Lipinski definition) is 4. The summed E-state index contributed by atoms with van der Waals surface area (Å²) >= 11 is 0. The molecule has 14 nitrogen and oxygen atoms in total. The van der Waals surface area contributed by atoms with Crippen LogP contribution >= 0.6 is 0 Å². The van der Waals surface area contributed by atoms with E-state index in [1.54, 1.807) is 0 Å². The summed E-state index contributed by atoms with van der Waals surface area (Å²) in [5.74, 6) is -1.84. The number of nitrogens with zero attached hydrogens (tertiary/aromatic N) is 4. The Morgan fingerprint density at radius 3 is 2.81 bits per heavy atom. The largest absolute Gasteiger partial charge is 0.872 e. The second kappa shape index (κ2) is 8.29. The molecule has 1 saturated heterocycles. The fourth-order valence-electron chi connectivity index (χ4n) is 3.18. The van der Waals surface area contributed by atoms with Crippen molar-refractivity contribution in [3.05, 3.63) is 42.5 Å². The molecule has 0 spiro atoms. The normalized spacial score (nSPS) is 24.2. The van der Waals surface area contributed by atoms with Gasteiger partial charge >= 0.3 is 16.0 Å². The predicted molar refractivity (Wildman–Crippen MR) is 102 cm³/mol. The molecule has 170 valence electrons. The number of aromatic amines is 1. The van der Waals surface area contributed by atoms with E-state index in [4.69, 9.17) is 10.5 Å². The van der Waals surface area contributed by atoms with Crippen LogP contribution in [0.1, 0.15) is 11.8 Å². The van der Waals surface area contributed by atoms with Gasteiger partial charge in [0.15, 0.2) is 18.5 Å². The number of nitrogen functional groups attached to an aromatic ring is 1. The van der Waals surface area contributed by atoms with Gasteiger partial charge < -0.3 is 30.9 Å². The second-order valence-corrected chi connectivity index (χ2v) is 8.06. The maximum absolute atomic E-state index is 12.0. The van der Waals surface area contributed by atoms with E-state index in [1.807, 2.05) is 0 Å². The van der Waals surface area contributed by atoms with Crippen LogP contribution in [0.5, 0.6) is 5.75 Å². The zero-order valence-electron chi connectivity index (χ0n) is 16.1. The SMILES string of the molecule is Nc1ncnc2c1[nH]c[n+]2[C@@H]1O[C@H](COS(=O)(=O)N=C([O-])c2ccccc2[O-])[C@@H](O)[C@H]1O. The molecule has 0 bridgehead atoms. The first-order valence-corrected chi connectivity index (χ1v) is 10.5. The Morgan fingerprint density at radius 2 is 2.06 bits per heavy atom. The number of aliphatic hydroxyl groups excluding tert-OH is 2. The van der Waals surface area contributed by atoms with Crippen LogP contribution in [0, 0.1) is 0 Å². The molecule has 2 aromatic heterocycles. The van der Waals surface area contributed by atoms with E-state index in [2.05, 4.69) is 23.5 Å². The summed E-state index contributed by atoms with van der Waals surface area (Å²) in [6.45, 7) is -0.757. The number of H-pyrrole nitrogens is 1. The van der Waals surface area contributed by atoms with Gasteiger partial charge in [-0.2, -0.15) is 17.8 Å². The summed E-state index contributed by atoms with van der Waals surface area (Å²) in [6, 6.07) is 4.98. The average molecular weight is 465 g/mol. The highest BCUT2D eigenvalue weighted by molar-refractivity contribution is 7.85. The monoisotopic (exact) mass is 465 g/mol. The molecular weight excluding hydrogens is 448 g/mol. The highest BCUT2D eigenvalue weighted by Crippen LogP contribution is 2.27. The van der Waals surface area contributed by atoms with Gasteiger partial charge in [-0.05, 0) is 5.56 Å². The van der Waals surface area contributed by atoms with Gasteiger partial charge in [0.2, 0.25) is 11.7 Å². The van der Waals surface area contributed by atoms with Crippen LogP contribution in [-0.2, 0) is 19.2 Å². The molecule has 0 radical (unpaired) electrons. The van der Waals surface area contributed by atoms with Crippen molar-refractivity contribution < 1.29 is 42.3 Å². The fraction of sp³-hybridized carbons (Fsp3) is 0.294. The van der Waals surface area contributed by atoms with Gasteiger partial charge in [-0.15, -0.1) is 5.75 Å². The van der Waals surface area contributed by atoms with Gasteiger partial charge in [0, 0.05) is 5.90 Å².